The Kier molecular flexibility index (Phi) is 5.93. The smallest absolute Gasteiger partial charge is 0.246 e. The standard InChI is InChI=1S/C23H27N3O2/c1-16-6-5-7-18(14-16)22-25-21(28-26-22)15-24-20(27)13-10-17-8-11-19(12-9-17)23(2,3)4/h5-9,11-12,14H,10,13,15H2,1-4H3,(H,24,27). The van der Waals surface area contributed by atoms with Gasteiger partial charge in [-0.3, -0.25) is 4.79 Å². The maximum Gasteiger partial charge on any atom is 0.246 e. The normalized spacial score (nSPS) is 11.4. The Balaban J connectivity index is 1.48. The van der Waals surface area contributed by atoms with Gasteiger partial charge in [-0.05, 0) is 36.0 Å². The van der Waals surface area contributed by atoms with Gasteiger partial charge in [-0.2, -0.15) is 4.98 Å². The highest BCUT2D eigenvalue weighted by molar-refractivity contribution is 5.76. The highest BCUT2D eigenvalue weighted by atomic mass is 16.5. The molecule has 1 N–H and O–H groups in total. The number of carbonyl (C=O) groups excluding carboxylic acids is 1. The van der Waals surface area contributed by atoms with Gasteiger partial charge in [-0.25, -0.2) is 0 Å². The van der Waals surface area contributed by atoms with Crippen LogP contribution in [0.4, 0.5) is 0 Å². The van der Waals surface area contributed by atoms with Crippen LogP contribution in [-0.4, -0.2) is 16.0 Å². The molecule has 146 valence electrons. The van der Waals surface area contributed by atoms with Gasteiger partial charge in [0, 0.05) is 12.0 Å². The third-order valence-electron chi connectivity index (χ3n) is 4.64. The molecule has 0 bridgehead atoms. The molecule has 0 spiro atoms. The number of hydrogen-bond donors (Lipinski definition) is 1. The number of aromatic nitrogens is 2. The van der Waals surface area contributed by atoms with Gasteiger partial charge < -0.3 is 9.84 Å². The second kappa shape index (κ2) is 8.38. The first-order chi connectivity index (χ1) is 13.3. The molecule has 0 fully saturated rings. The molecule has 1 aromatic heterocycles. The summed E-state index contributed by atoms with van der Waals surface area (Å²) in [7, 11) is 0. The number of benzene rings is 2. The number of amides is 1. The average molecular weight is 377 g/mol. The van der Waals surface area contributed by atoms with E-state index < -0.39 is 0 Å². The molecule has 5 nitrogen and oxygen atoms in total. The Bertz CT molecular complexity index is 937. The van der Waals surface area contributed by atoms with Crippen molar-refractivity contribution in [2.45, 2.75) is 52.5 Å². The molecule has 5 heteroatoms. The summed E-state index contributed by atoms with van der Waals surface area (Å²) in [6.45, 7) is 8.83. The first-order valence-corrected chi connectivity index (χ1v) is 9.57. The number of aryl methyl sites for hydroxylation is 2. The third-order valence-corrected chi connectivity index (χ3v) is 4.64. The molecule has 0 unspecified atom stereocenters. The minimum atomic E-state index is -0.0322. The Morgan fingerprint density at radius 2 is 1.86 bits per heavy atom. The number of carbonyl (C=O) groups is 1. The van der Waals surface area contributed by atoms with Crippen molar-refractivity contribution in [3.8, 4) is 11.4 Å². The van der Waals surface area contributed by atoms with E-state index in [0.29, 0.717) is 24.6 Å². The quantitative estimate of drug-likeness (QED) is 0.682. The third kappa shape index (κ3) is 5.28. The first kappa shape index (κ1) is 19.8. The van der Waals surface area contributed by atoms with Gasteiger partial charge in [0.05, 0.1) is 6.54 Å². The molecule has 3 rings (SSSR count). The lowest BCUT2D eigenvalue weighted by molar-refractivity contribution is -0.121. The van der Waals surface area contributed by atoms with Gasteiger partial charge in [-0.1, -0.05) is 74.0 Å². The summed E-state index contributed by atoms with van der Waals surface area (Å²) in [5, 5.41) is 6.84. The van der Waals surface area contributed by atoms with Crippen LogP contribution < -0.4 is 5.32 Å². The van der Waals surface area contributed by atoms with Crippen LogP contribution in [0.2, 0.25) is 0 Å². The van der Waals surface area contributed by atoms with E-state index in [1.54, 1.807) is 0 Å². The van der Waals surface area contributed by atoms with Crippen LogP contribution in [0, 0.1) is 6.92 Å². The van der Waals surface area contributed by atoms with E-state index in [9.17, 15) is 4.79 Å². The van der Waals surface area contributed by atoms with E-state index in [4.69, 9.17) is 4.52 Å². The van der Waals surface area contributed by atoms with Crippen LogP contribution in [0.25, 0.3) is 11.4 Å². The lowest BCUT2D eigenvalue weighted by Gasteiger charge is -2.19. The molecule has 0 saturated carbocycles. The van der Waals surface area contributed by atoms with Gasteiger partial charge >= 0.3 is 0 Å². The summed E-state index contributed by atoms with van der Waals surface area (Å²) in [5.41, 5.74) is 4.62. The van der Waals surface area contributed by atoms with E-state index in [-0.39, 0.29) is 17.9 Å². The summed E-state index contributed by atoms with van der Waals surface area (Å²) in [5.74, 6) is 0.904. The average Bonchev–Trinajstić information content (AvgIpc) is 3.13. The Morgan fingerprint density at radius 1 is 1.11 bits per heavy atom. The lowest BCUT2D eigenvalue weighted by atomic mass is 9.86. The zero-order valence-electron chi connectivity index (χ0n) is 17.0. The van der Waals surface area contributed by atoms with Crippen molar-refractivity contribution in [1.82, 2.24) is 15.5 Å². The minimum absolute atomic E-state index is 0.0322. The van der Waals surface area contributed by atoms with Gasteiger partial charge in [0.1, 0.15) is 0 Å². The van der Waals surface area contributed by atoms with Crippen molar-refractivity contribution in [2.75, 3.05) is 0 Å². The molecule has 0 aliphatic heterocycles. The second-order valence-corrected chi connectivity index (χ2v) is 8.10. The van der Waals surface area contributed by atoms with Gasteiger partial charge in [0.2, 0.25) is 17.6 Å². The van der Waals surface area contributed by atoms with E-state index in [1.165, 1.54) is 5.56 Å². The summed E-state index contributed by atoms with van der Waals surface area (Å²) < 4.78 is 5.24. The van der Waals surface area contributed by atoms with Crippen LogP contribution in [0.5, 0.6) is 0 Å². The van der Waals surface area contributed by atoms with Crippen molar-refractivity contribution in [3.63, 3.8) is 0 Å². The maximum absolute atomic E-state index is 12.1. The highest BCUT2D eigenvalue weighted by Crippen LogP contribution is 2.22. The Hall–Kier alpha value is -2.95. The molecule has 1 heterocycles. The zero-order chi connectivity index (χ0) is 20.1. The maximum atomic E-state index is 12.1. The van der Waals surface area contributed by atoms with E-state index in [1.807, 2.05) is 31.2 Å². The van der Waals surface area contributed by atoms with Crippen LogP contribution in [-0.2, 0) is 23.2 Å². The second-order valence-electron chi connectivity index (χ2n) is 8.10. The molecule has 0 radical (unpaired) electrons. The fraction of sp³-hybridized carbons (Fsp3) is 0.348. The van der Waals surface area contributed by atoms with Crippen LogP contribution in [0.15, 0.2) is 53.1 Å². The molecule has 2 aromatic carbocycles. The van der Waals surface area contributed by atoms with Crippen LogP contribution in [0.1, 0.15) is 49.8 Å². The van der Waals surface area contributed by atoms with Crippen molar-refractivity contribution in [3.05, 3.63) is 71.1 Å². The van der Waals surface area contributed by atoms with Gasteiger partial charge in [-0.15, -0.1) is 0 Å². The van der Waals surface area contributed by atoms with Gasteiger partial charge in [0.15, 0.2) is 0 Å². The summed E-state index contributed by atoms with van der Waals surface area (Å²) >= 11 is 0. The number of nitrogens with one attached hydrogen (secondary N) is 1. The van der Waals surface area contributed by atoms with E-state index >= 15 is 0 Å². The summed E-state index contributed by atoms with van der Waals surface area (Å²) in [6, 6.07) is 16.4. The molecule has 1 amide bonds. The zero-order valence-corrected chi connectivity index (χ0v) is 17.0. The largest absolute Gasteiger partial charge is 0.347 e. The molecule has 0 saturated heterocycles. The van der Waals surface area contributed by atoms with E-state index in [2.05, 4.69) is 60.5 Å². The first-order valence-electron chi connectivity index (χ1n) is 9.57. The molecule has 0 aliphatic carbocycles. The molecular formula is C23H27N3O2. The summed E-state index contributed by atoms with van der Waals surface area (Å²) in [4.78, 5) is 16.5. The number of rotatable bonds is 6. The van der Waals surface area contributed by atoms with E-state index in [0.717, 1.165) is 16.7 Å². The molecule has 28 heavy (non-hydrogen) atoms. The minimum Gasteiger partial charge on any atom is -0.347 e. The lowest BCUT2D eigenvalue weighted by Crippen LogP contribution is -2.23. The fourth-order valence-electron chi connectivity index (χ4n) is 2.92. The fourth-order valence-corrected chi connectivity index (χ4v) is 2.92. The molecular weight excluding hydrogens is 350 g/mol. The molecule has 3 aromatic rings. The van der Waals surface area contributed by atoms with Crippen molar-refractivity contribution in [2.24, 2.45) is 0 Å². The predicted octanol–water partition coefficient (Wildman–Crippen LogP) is 4.59. The highest BCUT2D eigenvalue weighted by Gasteiger charge is 2.13. The van der Waals surface area contributed by atoms with Crippen molar-refractivity contribution < 1.29 is 9.32 Å². The SMILES string of the molecule is Cc1cccc(-c2noc(CNC(=O)CCc3ccc(C(C)(C)C)cc3)n2)c1. The molecule has 0 aliphatic rings. The monoisotopic (exact) mass is 377 g/mol. The Labute approximate surface area is 166 Å². The summed E-state index contributed by atoms with van der Waals surface area (Å²) in [6.07, 6.45) is 1.13. The Morgan fingerprint density at radius 3 is 2.54 bits per heavy atom. The van der Waals surface area contributed by atoms with Gasteiger partial charge in [0.25, 0.3) is 0 Å². The van der Waals surface area contributed by atoms with Crippen molar-refractivity contribution in [1.29, 1.82) is 0 Å². The molecule has 0 atom stereocenters. The number of nitrogens with zero attached hydrogens (tertiary/aromatic N) is 2. The number of hydrogen-bond acceptors (Lipinski definition) is 4. The topological polar surface area (TPSA) is 68.0 Å². The predicted molar refractivity (Wildman–Crippen MR) is 110 cm³/mol. The van der Waals surface area contributed by atoms with Crippen molar-refractivity contribution >= 4 is 5.91 Å². The van der Waals surface area contributed by atoms with Crippen LogP contribution in [0.3, 0.4) is 0 Å². The van der Waals surface area contributed by atoms with Crippen LogP contribution >= 0.6 is 0 Å².